The highest BCUT2D eigenvalue weighted by Gasteiger charge is 2.41. The van der Waals surface area contributed by atoms with Crippen LogP contribution < -0.4 is 9.13 Å². The molecule has 2 aliphatic rings. The van der Waals surface area contributed by atoms with Gasteiger partial charge in [-0.15, -0.1) is 0 Å². The first kappa shape index (κ1) is 6.76. The lowest BCUT2D eigenvalue weighted by Crippen LogP contribution is -2.34. The molecule has 0 amide bonds. The molecule has 0 saturated heterocycles. The fraction of sp³-hybridized carbons (Fsp3) is 0.273. The van der Waals surface area contributed by atoms with Gasteiger partial charge >= 0.3 is 0 Å². The SMILES string of the molecule is C[n+]1cc2n3c1Cc1ccc[n+](c1-3)C2. The highest BCUT2D eigenvalue weighted by Crippen LogP contribution is 2.28. The van der Waals surface area contributed by atoms with Crippen molar-refractivity contribution in [3.63, 3.8) is 0 Å². The molecule has 0 aromatic carbocycles. The Morgan fingerprint density at radius 3 is 3.29 bits per heavy atom. The number of aryl methyl sites for hydroxylation is 1. The summed E-state index contributed by atoms with van der Waals surface area (Å²) in [7, 11) is 2.14. The minimum Gasteiger partial charge on any atom is -0.236 e. The molecule has 2 aromatic rings. The Morgan fingerprint density at radius 1 is 1.43 bits per heavy atom. The second kappa shape index (κ2) is 1.90. The Hall–Kier alpha value is -1.64. The van der Waals surface area contributed by atoms with E-state index in [9.17, 15) is 0 Å². The molecule has 3 heteroatoms. The number of pyridine rings is 1. The molecule has 4 heterocycles. The van der Waals surface area contributed by atoms with E-state index < -0.39 is 0 Å². The first-order valence-corrected chi connectivity index (χ1v) is 4.95. The molecule has 0 spiro atoms. The Morgan fingerprint density at radius 2 is 2.36 bits per heavy atom. The minimum atomic E-state index is 1.02. The van der Waals surface area contributed by atoms with E-state index >= 15 is 0 Å². The average Bonchev–Trinajstić information content (AvgIpc) is 2.77. The number of hydrogen-bond acceptors (Lipinski definition) is 0. The molecule has 68 valence electrons. The second-order valence-corrected chi connectivity index (χ2v) is 4.14. The van der Waals surface area contributed by atoms with Crippen molar-refractivity contribution in [2.75, 3.05) is 0 Å². The monoisotopic (exact) mass is 185 g/mol. The van der Waals surface area contributed by atoms with Crippen LogP contribution in [0.4, 0.5) is 0 Å². The predicted molar refractivity (Wildman–Crippen MR) is 49.0 cm³/mol. The largest absolute Gasteiger partial charge is 0.293 e. The van der Waals surface area contributed by atoms with Crippen LogP contribution in [0.25, 0.3) is 5.82 Å². The number of rotatable bonds is 0. The van der Waals surface area contributed by atoms with Gasteiger partial charge in [-0.05, 0) is 12.1 Å². The van der Waals surface area contributed by atoms with Gasteiger partial charge in [0, 0.05) is 0 Å². The Labute approximate surface area is 81.9 Å². The van der Waals surface area contributed by atoms with E-state index in [-0.39, 0.29) is 0 Å². The van der Waals surface area contributed by atoms with E-state index in [1.165, 1.54) is 22.9 Å². The standard InChI is InChI=1S/C11H11N3/c1-12-6-9-7-13-4-2-3-8-5-10(12)14(9)11(8)13/h2-4,6H,5,7H2,1H3/q+2. The Kier molecular flexibility index (Phi) is 0.916. The van der Waals surface area contributed by atoms with E-state index in [1.807, 2.05) is 0 Å². The molecular weight excluding hydrogens is 174 g/mol. The van der Waals surface area contributed by atoms with Crippen LogP contribution in [-0.4, -0.2) is 4.57 Å². The summed E-state index contributed by atoms with van der Waals surface area (Å²) < 4.78 is 6.98. The van der Waals surface area contributed by atoms with Crippen molar-refractivity contribution in [3.8, 4) is 5.82 Å². The van der Waals surface area contributed by atoms with Gasteiger partial charge < -0.3 is 0 Å². The summed E-state index contributed by atoms with van der Waals surface area (Å²) in [4.78, 5) is 0. The molecule has 0 radical (unpaired) electrons. The molecule has 0 unspecified atom stereocenters. The first-order chi connectivity index (χ1) is 6.84. The highest BCUT2D eigenvalue weighted by molar-refractivity contribution is 5.41. The summed E-state index contributed by atoms with van der Waals surface area (Å²) in [5.74, 6) is 2.80. The van der Waals surface area contributed by atoms with Crippen LogP contribution in [-0.2, 0) is 20.0 Å². The summed E-state index contributed by atoms with van der Waals surface area (Å²) >= 11 is 0. The molecule has 2 aromatic heterocycles. The van der Waals surface area contributed by atoms with E-state index in [1.54, 1.807) is 0 Å². The third-order valence-electron chi connectivity index (χ3n) is 3.31. The maximum Gasteiger partial charge on any atom is 0.293 e. The lowest BCUT2D eigenvalue weighted by molar-refractivity contribution is -0.690. The second-order valence-electron chi connectivity index (χ2n) is 4.14. The topological polar surface area (TPSA) is 12.7 Å². The molecule has 4 rings (SSSR count). The lowest BCUT2D eigenvalue weighted by Gasteiger charge is -1.93. The molecule has 0 aliphatic carbocycles. The van der Waals surface area contributed by atoms with Crippen molar-refractivity contribution in [1.82, 2.24) is 4.57 Å². The van der Waals surface area contributed by atoms with Crippen LogP contribution in [0, 0.1) is 0 Å². The molecular formula is C11H11N3+2. The van der Waals surface area contributed by atoms with Gasteiger partial charge in [0.15, 0.2) is 12.2 Å². The fourth-order valence-electron chi connectivity index (χ4n) is 2.73. The molecule has 2 aliphatic heterocycles. The summed E-state index contributed by atoms with van der Waals surface area (Å²) in [5.41, 5.74) is 2.87. The van der Waals surface area contributed by atoms with Crippen LogP contribution >= 0.6 is 0 Å². The Balaban J connectivity index is 2.21. The molecule has 0 saturated carbocycles. The molecule has 14 heavy (non-hydrogen) atoms. The van der Waals surface area contributed by atoms with Gasteiger partial charge in [0.05, 0.1) is 25.2 Å². The maximum atomic E-state index is 2.40. The van der Waals surface area contributed by atoms with Gasteiger partial charge in [-0.25, -0.2) is 9.13 Å². The average molecular weight is 185 g/mol. The van der Waals surface area contributed by atoms with Crippen LogP contribution in [0.3, 0.4) is 0 Å². The number of hydrogen-bond donors (Lipinski definition) is 0. The third kappa shape index (κ3) is 0.557. The number of aromatic nitrogens is 3. The maximum absolute atomic E-state index is 2.40. The normalized spacial score (nSPS) is 14.9. The number of nitrogens with zero attached hydrogens (tertiary/aromatic N) is 3. The highest BCUT2D eigenvalue weighted by atomic mass is 15.3. The van der Waals surface area contributed by atoms with E-state index in [0.29, 0.717) is 0 Å². The molecule has 0 fully saturated rings. The zero-order valence-corrected chi connectivity index (χ0v) is 8.07. The van der Waals surface area contributed by atoms with Gasteiger partial charge in [0.2, 0.25) is 0 Å². The van der Waals surface area contributed by atoms with Crippen LogP contribution in [0.5, 0.6) is 0 Å². The van der Waals surface area contributed by atoms with Gasteiger partial charge in [-0.2, -0.15) is 4.57 Å². The summed E-state index contributed by atoms with van der Waals surface area (Å²) in [6, 6.07) is 4.38. The van der Waals surface area contributed by atoms with Crippen molar-refractivity contribution < 1.29 is 9.13 Å². The summed E-state index contributed by atoms with van der Waals surface area (Å²) in [5, 5.41) is 0. The summed E-state index contributed by atoms with van der Waals surface area (Å²) in [6.45, 7) is 1.02. The zero-order valence-electron chi connectivity index (χ0n) is 8.07. The fourth-order valence-corrected chi connectivity index (χ4v) is 2.73. The van der Waals surface area contributed by atoms with Crippen molar-refractivity contribution in [3.05, 3.63) is 41.6 Å². The van der Waals surface area contributed by atoms with Gasteiger partial charge in [0.1, 0.15) is 6.20 Å². The molecule has 3 nitrogen and oxygen atoms in total. The first-order valence-electron chi connectivity index (χ1n) is 4.95. The summed E-state index contributed by atoms with van der Waals surface area (Å²) in [6.07, 6.45) is 5.48. The van der Waals surface area contributed by atoms with Crippen molar-refractivity contribution >= 4 is 0 Å². The number of imidazole rings is 1. The quantitative estimate of drug-likeness (QED) is 0.338. The third-order valence-corrected chi connectivity index (χ3v) is 3.31. The zero-order chi connectivity index (χ0) is 9.28. The van der Waals surface area contributed by atoms with Crippen molar-refractivity contribution in [1.29, 1.82) is 0 Å². The van der Waals surface area contributed by atoms with Gasteiger partial charge in [0.25, 0.3) is 11.6 Å². The Bertz CT molecular complexity index is 566. The molecule has 0 N–H and O–H groups in total. The smallest absolute Gasteiger partial charge is 0.236 e. The van der Waals surface area contributed by atoms with E-state index in [0.717, 1.165) is 13.0 Å². The van der Waals surface area contributed by atoms with Gasteiger partial charge in [-0.3, -0.25) is 0 Å². The predicted octanol–water partition coefficient (Wildman–Crippen LogP) is -0.145. The minimum absolute atomic E-state index is 1.02. The lowest BCUT2D eigenvalue weighted by atomic mass is 10.2. The molecule has 0 atom stereocenters. The van der Waals surface area contributed by atoms with Gasteiger partial charge in [-0.1, -0.05) is 0 Å². The van der Waals surface area contributed by atoms with E-state index in [2.05, 4.69) is 45.3 Å². The van der Waals surface area contributed by atoms with Crippen LogP contribution in [0.2, 0.25) is 0 Å². The van der Waals surface area contributed by atoms with Crippen molar-refractivity contribution in [2.45, 2.75) is 13.0 Å². The van der Waals surface area contributed by atoms with Crippen LogP contribution in [0.1, 0.15) is 17.1 Å². The molecule has 0 bridgehead atoms. The van der Waals surface area contributed by atoms with E-state index in [4.69, 9.17) is 0 Å². The van der Waals surface area contributed by atoms with Crippen LogP contribution in [0.15, 0.2) is 24.5 Å². The van der Waals surface area contributed by atoms with Crippen molar-refractivity contribution in [2.24, 2.45) is 7.05 Å².